The zero-order valence-electron chi connectivity index (χ0n) is 13.6. The van der Waals surface area contributed by atoms with Gasteiger partial charge < -0.3 is 20.4 Å². The summed E-state index contributed by atoms with van der Waals surface area (Å²) in [6, 6.07) is 16.6. The zero-order chi connectivity index (χ0) is 19.9. The highest BCUT2D eigenvalue weighted by Gasteiger charge is 2.00. The second-order valence-electron chi connectivity index (χ2n) is 4.63. The van der Waals surface area contributed by atoms with Crippen LogP contribution < -0.4 is 0 Å². The summed E-state index contributed by atoms with van der Waals surface area (Å²) in [4.78, 5) is 39.7. The van der Waals surface area contributed by atoms with Gasteiger partial charge in [0.15, 0.2) is 0 Å². The monoisotopic (exact) mass is 362 g/mol. The molecule has 0 heterocycles. The first-order chi connectivity index (χ1) is 12.2. The molecule has 2 rings (SSSR count). The lowest BCUT2D eigenvalue weighted by Gasteiger charge is -1.88. The van der Waals surface area contributed by atoms with Crippen LogP contribution in [0.5, 0.6) is 0 Å². The second kappa shape index (κ2) is 12.7. The summed E-state index contributed by atoms with van der Waals surface area (Å²) in [6.45, 7) is 0. The van der Waals surface area contributed by atoms with Gasteiger partial charge in [-0.2, -0.15) is 0 Å². The van der Waals surface area contributed by atoms with Crippen molar-refractivity contribution in [2.24, 2.45) is 0 Å². The standard InChI is InChI=1S/2C7H6O2.C4H6O4/c2*8-7(9)6-4-2-1-3-5-6;5-3(6)1-2-4(7)8/h2*1-5H,(H,8,9);1-2H2,(H,5,6)(H,7,8). The smallest absolute Gasteiger partial charge is 0.335 e. The molecule has 8 heteroatoms. The molecule has 0 fully saturated rings. The molecule has 0 spiro atoms. The Hall–Kier alpha value is -3.68. The van der Waals surface area contributed by atoms with Gasteiger partial charge in [-0.25, -0.2) is 9.59 Å². The number of carboxylic acids is 4. The zero-order valence-corrected chi connectivity index (χ0v) is 13.6. The molecule has 0 aliphatic carbocycles. The summed E-state index contributed by atoms with van der Waals surface area (Å²) in [7, 11) is 0. The molecule has 0 bridgehead atoms. The van der Waals surface area contributed by atoms with Gasteiger partial charge in [-0.15, -0.1) is 0 Å². The first-order valence-electron chi connectivity index (χ1n) is 7.24. The molecule has 0 saturated heterocycles. The van der Waals surface area contributed by atoms with Gasteiger partial charge in [-0.3, -0.25) is 9.59 Å². The molecule has 0 unspecified atom stereocenters. The molecular weight excluding hydrogens is 344 g/mol. The Balaban J connectivity index is 0.000000362. The largest absolute Gasteiger partial charge is 0.481 e. The van der Waals surface area contributed by atoms with Gasteiger partial charge in [0.2, 0.25) is 0 Å². The number of hydrogen-bond acceptors (Lipinski definition) is 4. The average molecular weight is 362 g/mol. The van der Waals surface area contributed by atoms with Crippen LogP contribution in [0.1, 0.15) is 33.6 Å². The summed E-state index contributed by atoms with van der Waals surface area (Å²) in [5.41, 5.74) is 0.662. The van der Waals surface area contributed by atoms with Crippen molar-refractivity contribution in [3.63, 3.8) is 0 Å². The Morgan fingerprint density at radius 2 is 0.808 bits per heavy atom. The van der Waals surface area contributed by atoms with Gasteiger partial charge in [0.05, 0.1) is 24.0 Å². The Kier molecular flexibility index (Phi) is 10.9. The van der Waals surface area contributed by atoms with Crippen molar-refractivity contribution in [2.45, 2.75) is 12.8 Å². The molecular formula is C18H18O8. The van der Waals surface area contributed by atoms with Crippen LogP contribution in [0.25, 0.3) is 0 Å². The number of carbonyl (C=O) groups is 4. The molecule has 0 atom stereocenters. The molecule has 0 aromatic heterocycles. The summed E-state index contributed by atoms with van der Waals surface area (Å²) in [5, 5.41) is 32.6. The maximum Gasteiger partial charge on any atom is 0.335 e. The summed E-state index contributed by atoms with van der Waals surface area (Å²) in [6.07, 6.45) is -0.593. The fraction of sp³-hybridized carbons (Fsp3) is 0.111. The van der Waals surface area contributed by atoms with Crippen LogP contribution in [-0.4, -0.2) is 44.3 Å². The van der Waals surface area contributed by atoms with Crippen LogP contribution in [0.2, 0.25) is 0 Å². The topological polar surface area (TPSA) is 149 Å². The number of aliphatic carboxylic acids is 2. The molecule has 26 heavy (non-hydrogen) atoms. The predicted molar refractivity (Wildman–Crippen MR) is 91.3 cm³/mol. The summed E-state index contributed by atoms with van der Waals surface area (Å²) >= 11 is 0. The van der Waals surface area contributed by atoms with Gasteiger partial charge in [-0.1, -0.05) is 36.4 Å². The minimum Gasteiger partial charge on any atom is -0.481 e. The third-order valence-corrected chi connectivity index (χ3v) is 2.59. The van der Waals surface area contributed by atoms with Crippen LogP contribution in [0.4, 0.5) is 0 Å². The fourth-order valence-electron chi connectivity index (χ4n) is 1.38. The van der Waals surface area contributed by atoms with Crippen LogP contribution in [-0.2, 0) is 9.59 Å². The van der Waals surface area contributed by atoms with Crippen molar-refractivity contribution in [3.05, 3.63) is 71.8 Å². The molecule has 0 saturated carbocycles. The Labute approximate surface area is 149 Å². The van der Waals surface area contributed by atoms with Crippen molar-refractivity contribution in [1.29, 1.82) is 0 Å². The lowest BCUT2D eigenvalue weighted by molar-refractivity contribution is -0.143. The molecule has 4 N–H and O–H groups in total. The quantitative estimate of drug-likeness (QED) is 0.634. The molecule has 8 nitrogen and oxygen atoms in total. The number of hydrogen-bond donors (Lipinski definition) is 4. The Morgan fingerprint density at radius 1 is 0.538 bits per heavy atom. The van der Waals surface area contributed by atoms with Gasteiger partial charge in [-0.05, 0) is 24.3 Å². The lowest BCUT2D eigenvalue weighted by Crippen LogP contribution is -2.00. The molecule has 0 amide bonds. The van der Waals surface area contributed by atoms with Crippen molar-refractivity contribution in [2.75, 3.05) is 0 Å². The van der Waals surface area contributed by atoms with E-state index in [1.807, 2.05) is 0 Å². The summed E-state index contributed by atoms with van der Waals surface area (Å²) < 4.78 is 0. The van der Waals surface area contributed by atoms with E-state index in [1.54, 1.807) is 60.7 Å². The van der Waals surface area contributed by atoms with E-state index in [4.69, 9.17) is 20.4 Å². The highest BCUT2D eigenvalue weighted by Crippen LogP contribution is 1.96. The van der Waals surface area contributed by atoms with Crippen molar-refractivity contribution < 1.29 is 39.6 Å². The van der Waals surface area contributed by atoms with Gasteiger partial charge in [0.25, 0.3) is 0 Å². The highest BCUT2D eigenvalue weighted by atomic mass is 16.4. The third kappa shape index (κ3) is 11.8. The number of carboxylic acid groups (broad SMARTS) is 4. The molecule has 2 aromatic rings. The van der Waals surface area contributed by atoms with E-state index < -0.39 is 23.9 Å². The minimum atomic E-state index is -1.08. The summed E-state index contributed by atoms with van der Waals surface area (Å²) in [5.74, 6) is -3.91. The van der Waals surface area contributed by atoms with E-state index in [0.717, 1.165) is 0 Å². The maximum atomic E-state index is 10.2. The van der Waals surface area contributed by atoms with E-state index in [1.165, 1.54) is 0 Å². The van der Waals surface area contributed by atoms with Gasteiger partial charge in [0.1, 0.15) is 0 Å². The molecule has 138 valence electrons. The minimum absolute atomic E-state index is 0.296. The highest BCUT2D eigenvalue weighted by molar-refractivity contribution is 5.87. The van der Waals surface area contributed by atoms with Crippen LogP contribution in [0.3, 0.4) is 0 Å². The number of aromatic carboxylic acids is 2. The van der Waals surface area contributed by atoms with Crippen molar-refractivity contribution in [3.8, 4) is 0 Å². The Morgan fingerprint density at radius 3 is 0.962 bits per heavy atom. The lowest BCUT2D eigenvalue weighted by atomic mass is 10.2. The first kappa shape index (κ1) is 22.3. The van der Waals surface area contributed by atoms with Crippen LogP contribution >= 0.6 is 0 Å². The normalized spacial score (nSPS) is 8.77. The van der Waals surface area contributed by atoms with E-state index >= 15 is 0 Å². The van der Waals surface area contributed by atoms with E-state index in [0.29, 0.717) is 11.1 Å². The first-order valence-corrected chi connectivity index (χ1v) is 7.24. The molecule has 0 aliphatic heterocycles. The third-order valence-electron chi connectivity index (χ3n) is 2.59. The molecule has 2 aromatic carbocycles. The van der Waals surface area contributed by atoms with Crippen molar-refractivity contribution >= 4 is 23.9 Å². The second-order valence-corrected chi connectivity index (χ2v) is 4.63. The van der Waals surface area contributed by atoms with Gasteiger partial charge >= 0.3 is 23.9 Å². The number of benzene rings is 2. The van der Waals surface area contributed by atoms with Crippen LogP contribution in [0.15, 0.2) is 60.7 Å². The van der Waals surface area contributed by atoms with E-state index in [-0.39, 0.29) is 12.8 Å². The molecule has 0 radical (unpaired) electrons. The van der Waals surface area contributed by atoms with E-state index in [2.05, 4.69) is 0 Å². The van der Waals surface area contributed by atoms with Crippen molar-refractivity contribution in [1.82, 2.24) is 0 Å². The SMILES string of the molecule is O=C(O)CCC(=O)O.O=C(O)c1ccccc1.O=C(O)c1ccccc1. The van der Waals surface area contributed by atoms with Gasteiger partial charge in [0, 0.05) is 0 Å². The average Bonchev–Trinajstić information content (AvgIpc) is 2.62. The number of rotatable bonds is 5. The predicted octanol–water partition coefficient (Wildman–Crippen LogP) is 2.71. The fourth-order valence-corrected chi connectivity index (χ4v) is 1.38. The van der Waals surface area contributed by atoms with Crippen LogP contribution in [0, 0.1) is 0 Å². The van der Waals surface area contributed by atoms with E-state index in [9.17, 15) is 19.2 Å². The maximum absolute atomic E-state index is 10.2. The molecule has 0 aliphatic rings. The Bertz CT molecular complexity index is 647.